The molecule has 2 amide bonds. The lowest BCUT2D eigenvalue weighted by atomic mass is 10.2. The van der Waals surface area contributed by atoms with Crippen LogP contribution in [0.4, 0.5) is 5.69 Å². The van der Waals surface area contributed by atoms with Crippen molar-refractivity contribution in [3.8, 4) is 0 Å². The normalized spacial score (nSPS) is 13.0. The third-order valence-corrected chi connectivity index (χ3v) is 4.49. The fraction of sp³-hybridized carbons (Fsp3) is 0.333. The molecule has 0 radical (unpaired) electrons. The molecule has 0 aliphatic carbocycles. The molecule has 0 aromatic heterocycles. The van der Waals surface area contributed by atoms with Crippen LogP contribution >= 0.6 is 0 Å². The van der Waals surface area contributed by atoms with Crippen molar-refractivity contribution in [2.75, 3.05) is 19.4 Å². The Kier molecular flexibility index (Phi) is 5.41. The van der Waals surface area contributed by atoms with Gasteiger partial charge in [0, 0.05) is 19.8 Å². The van der Waals surface area contributed by atoms with Gasteiger partial charge in [-0.1, -0.05) is 0 Å². The minimum Gasteiger partial charge on any atom is -0.370 e. The van der Waals surface area contributed by atoms with Crippen LogP contribution in [0, 0.1) is 0 Å². The fourth-order valence-electron chi connectivity index (χ4n) is 1.47. The molecule has 1 atom stereocenters. The van der Waals surface area contributed by atoms with Crippen molar-refractivity contribution in [2.45, 2.75) is 17.4 Å². The molecule has 0 aliphatic rings. The molecule has 9 heteroatoms. The summed E-state index contributed by atoms with van der Waals surface area (Å²) in [7, 11) is -0.671. The van der Waals surface area contributed by atoms with Crippen LogP contribution in [0.2, 0.25) is 0 Å². The first-order valence-electron chi connectivity index (χ1n) is 6.02. The molecule has 1 unspecified atom stereocenters. The Morgan fingerprint density at radius 1 is 1.24 bits per heavy atom. The Labute approximate surface area is 123 Å². The molecule has 5 N–H and O–H groups in total. The minimum atomic E-state index is -3.52. The van der Waals surface area contributed by atoms with E-state index < -0.39 is 27.9 Å². The molecule has 21 heavy (non-hydrogen) atoms. The number of hydrogen-bond acceptors (Lipinski definition) is 5. The smallest absolute Gasteiger partial charge is 0.242 e. The summed E-state index contributed by atoms with van der Waals surface area (Å²) in [6.07, 6.45) is -0.265. The number of anilines is 1. The monoisotopic (exact) mass is 314 g/mol. The molecule has 0 spiro atoms. The van der Waals surface area contributed by atoms with Crippen LogP contribution in [-0.2, 0) is 19.6 Å². The summed E-state index contributed by atoms with van der Waals surface area (Å²) < 4.78 is 24.8. The number of nitrogens with one attached hydrogen (secondary N) is 1. The summed E-state index contributed by atoms with van der Waals surface area (Å²) in [6, 6.07) is 4.55. The molecule has 0 bridgehead atoms. The highest BCUT2D eigenvalue weighted by atomic mass is 32.2. The van der Waals surface area contributed by atoms with E-state index in [2.05, 4.69) is 5.32 Å². The van der Waals surface area contributed by atoms with Gasteiger partial charge in [-0.3, -0.25) is 9.59 Å². The van der Waals surface area contributed by atoms with E-state index in [4.69, 9.17) is 11.5 Å². The molecule has 8 nitrogen and oxygen atoms in total. The maximum Gasteiger partial charge on any atom is 0.242 e. The summed E-state index contributed by atoms with van der Waals surface area (Å²) in [5, 5.41) is 2.47. The van der Waals surface area contributed by atoms with Gasteiger partial charge in [0.15, 0.2) is 0 Å². The first-order valence-corrected chi connectivity index (χ1v) is 7.46. The fourth-order valence-corrected chi connectivity index (χ4v) is 2.37. The predicted molar refractivity (Wildman–Crippen MR) is 77.7 cm³/mol. The molecule has 0 saturated heterocycles. The van der Waals surface area contributed by atoms with Gasteiger partial charge >= 0.3 is 0 Å². The zero-order valence-corrected chi connectivity index (χ0v) is 12.6. The zero-order valence-electron chi connectivity index (χ0n) is 11.7. The standard InChI is InChI=1S/C12H18N4O4S/c1-16(2)21(19,20)9-5-3-8(4-6-9)15-12(18)10(13)7-11(14)17/h3-6,10H,7,13H2,1-2H3,(H2,14,17)(H,15,18). The van der Waals surface area contributed by atoms with Crippen molar-refractivity contribution in [1.29, 1.82) is 0 Å². The summed E-state index contributed by atoms with van der Waals surface area (Å²) in [5.41, 5.74) is 10.8. The van der Waals surface area contributed by atoms with Gasteiger partial charge in [-0.05, 0) is 24.3 Å². The highest BCUT2D eigenvalue weighted by molar-refractivity contribution is 7.89. The van der Waals surface area contributed by atoms with Crippen molar-refractivity contribution in [1.82, 2.24) is 4.31 Å². The Morgan fingerprint density at radius 3 is 2.19 bits per heavy atom. The van der Waals surface area contributed by atoms with E-state index in [0.717, 1.165) is 4.31 Å². The van der Waals surface area contributed by atoms with Crippen molar-refractivity contribution >= 4 is 27.5 Å². The highest BCUT2D eigenvalue weighted by Gasteiger charge is 2.18. The average molecular weight is 314 g/mol. The van der Waals surface area contributed by atoms with Crippen LogP contribution < -0.4 is 16.8 Å². The molecule has 0 heterocycles. The minimum absolute atomic E-state index is 0.104. The molecule has 0 saturated carbocycles. The number of hydrogen-bond donors (Lipinski definition) is 3. The van der Waals surface area contributed by atoms with Gasteiger partial charge in [0.1, 0.15) is 0 Å². The topological polar surface area (TPSA) is 136 Å². The number of nitrogens with zero attached hydrogens (tertiary/aromatic N) is 1. The lowest BCUT2D eigenvalue weighted by Crippen LogP contribution is -2.38. The van der Waals surface area contributed by atoms with Gasteiger partial charge in [0.05, 0.1) is 17.4 Å². The maximum atomic E-state index is 11.9. The van der Waals surface area contributed by atoms with Gasteiger partial charge in [-0.2, -0.15) is 0 Å². The number of nitrogens with two attached hydrogens (primary N) is 2. The molecule has 116 valence electrons. The molecular formula is C12H18N4O4S. The van der Waals surface area contributed by atoms with E-state index in [0.29, 0.717) is 5.69 Å². The van der Waals surface area contributed by atoms with Gasteiger partial charge in [-0.25, -0.2) is 12.7 Å². The van der Waals surface area contributed by atoms with Crippen molar-refractivity contribution in [3.05, 3.63) is 24.3 Å². The lowest BCUT2D eigenvalue weighted by molar-refractivity contribution is -0.123. The Bertz CT molecular complexity index is 625. The summed E-state index contributed by atoms with van der Waals surface area (Å²) in [4.78, 5) is 22.4. The van der Waals surface area contributed by atoms with Crippen molar-refractivity contribution in [3.63, 3.8) is 0 Å². The Morgan fingerprint density at radius 2 is 1.76 bits per heavy atom. The Balaban J connectivity index is 2.80. The van der Waals surface area contributed by atoms with Crippen LogP contribution in [0.3, 0.4) is 0 Å². The summed E-state index contributed by atoms with van der Waals surface area (Å²) in [5.74, 6) is -1.25. The zero-order chi connectivity index (χ0) is 16.2. The van der Waals surface area contributed by atoms with Crippen LogP contribution in [0.5, 0.6) is 0 Å². The van der Waals surface area contributed by atoms with Gasteiger partial charge in [-0.15, -0.1) is 0 Å². The number of benzene rings is 1. The molecule has 0 fully saturated rings. The average Bonchev–Trinajstić information content (AvgIpc) is 2.38. The number of carbonyl (C=O) groups excluding carboxylic acids is 2. The van der Waals surface area contributed by atoms with Gasteiger partial charge < -0.3 is 16.8 Å². The predicted octanol–water partition coefficient (Wildman–Crippen LogP) is -0.922. The van der Waals surface area contributed by atoms with E-state index >= 15 is 0 Å². The summed E-state index contributed by atoms with van der Waals surface area (Å²) in [6.45, 7) is 0. The first kappa shape index (κ1) is 17.1. The molecule has 1 aromatic carbocycles. The first-order chi connectivity index (χ1) is 9.64. The molecule has 0 aliphatic heterocycles. The van der Waals surface area contributed by atoms with Crippen LogP contribution in [0.15, 0.2) is 29.2 Å². The van der Waals surface area contributed by atoms with Crippen LogP contribution in [-0.4, -0.2) is 44.7 Å². The number of sulfonamides is 1. The van der Waals surface area contributed by atoms with E-state index in [1.54, 1.807) is 0 Å². The number of amides is 2. The number of primary amides is 1. The van der Waals surface area contributed by atoms with Gasteiger partial charge in [0.25, 0.3) is 0 Å². The highest BCUT2D eigenvalue weighted by Crippen LogP contribution is 2.16. The van der Waals surface area contributed by atoms with Crippen LogP contribution in [0.1, 0.15) is 6.42 Å². The van der Waals surface area contributed by atoms with Crippen molar-refractivity contribution < 1.29 is 18.0 Å². The maximum absolute atomic E-state index is 11.9. The second-order valence-electron chi connectivity index (χ2n) is 4.58. The lowest BCUT2D eigenvalue weighted by Gasteiger charge is -2.13. The van der Waals surface area contributed by atoms with E-state index in [1.807, 2.05) is 0 Å². The third kappa shape index (κ3) is 4.52. The number of rotatable bonds is 6. The Hall–Kier alpha value is -1.97. The summed E-state index contributed by atoms with van der Waals surface area (Å²) >= 11 is 0. The van der Waals surface area contributed by atoms with E-state index in [9.17, 15) is 18.0 Å². The SMILES string of the molecule is CN(C)S(=O)(=O)c1ccc(NC(=O)C(N)CC(N)=O)cc1. The van der Waals surface area contributed by atoms with Crippen molar-refractivity contribution in [2.24, 2.45) is 11.5 Å². The van der Waals surface area contributed by atoms with Gasteiger partial charge in [0.2, 0.25) is 21.8 Å². The van der Waals surface area contributed by atoms with E-state index in [-0.39, 0.29) is 11.3 Å². The third-order valence-electron chi connectivity index (χ3n) is 2.66. The quantitative estimate of drug-likeness (QED) is 0.624. The van der Waals surface area contributed by atoms with E-state index in [1.165, 1.54) is 38.4 Å². The van der Waals surface area contributed by atoms with Crippen LogP contribution in [0.25, 0.3) is 0 Å². The molecule has 1 aromatic rings. The number of carbonyl (C=O) groups is 2. The second-order valence-corrected chi connectivity index (χ2v) is 6.73. The molecular weight excluding hydrogens is 296 g/mol. The largest absolute Gasteiger partial charge is 0.370 e. The second kappa shape index (κ2) is 6.66. The molecule has 1 rings (SSSR count).